The van der Waals surface area contributed by atoms with Crippen LogP contribution in [0.15, 0.2) is 29.2 Å². The van der Waals surface area contributed by atoms with Gasteiger partial charge in [0.25, 0.3) is 0 Å². The minimum absolute atomic E-state index is 0.327. The van der Waals surface area contributed by atoms with Gasteiger partial charge in [-0.25, -0.2) is 0 Å². The van der Waals surface area contributed by atoms with Crippen molar-refractivity contribution in [2.24, 2.45) is 23.5 Å². The minimum atomic E-state index is 0.327. The Bertz CT molecular complexity index is 437. The van der Waals surface area contributed by atoms with Gasteiger partial charge < -0.3 is 5.73 Å². The SMILES string of the molecule is NC(CSc1cccc(Cl)c1)CC1CC2CCC1C2. The standard InChI is InChI=1S/C16H22ClNS/c17-14-2-1-3-16(9-14)19-10-15(18)8-13-7-11-4-5-12(13)6-11/h1-3,9,11-13,15H,4-8,10,18H2. The van der Waals surface area contributed by atoms with Gasteiger partial charge >= 0.3 is 0 Å². The predicted octanol–water partition coefficient (Wildman–Crippen LogP) is 4.59. The summed E-state index contributed by atoms with van der Waals surface area (Å²) in [6, 6.07) is 8.39. The van der Waals surface area contributed by atoms with Crippen molar-refractivity contribution in [2.45, 2.75) is 43.0 Å². The summed E-state index contributed by atoms with van der Waals surface area (Å²) in [4.78, 5) is 1.23. The van der Waals surface area contributed by atoms with Gasteiger partial charge in [-0.15, -0.1) is 11.8 Å². The third kappa shape index (κ3) is 3.48. The average Bonchev–Trinajstić information content (AvgIpc) is 2.99. The Morgan fingerprint density at radius 3 is 2.89 bits per heavy atom. The number of benzene rings is 1. The fraction of sp³-hybridized carbons (Fsp3) is 0.625. The molecule has 1 nitrogen and oxygen atoms in total. The van der Waals surface area contributed by atoms with E-state index in [2.05, 4.69) is 6.07 Å². The second-order valence-electron chi connectivity index (χ2n) is 6.20. The zero-order chi connectivity index (χ0) is 13.2. The van der Waals surface area contributed by atoms with E-state index in [1.807, 2.05) is 30.0 Å². The molecule has 0 aromatic heterocycles. The molecule has 1 aromatic rings. The van der Waals surface area contributed by atoms with Gasteiger partial charge in [0.1, 0.15) is 0 Å². The molecule has 1 aromatic carbocycles. The van der Waals surface area contributed by atoms with Crippen molar-refractivity contribution < 1.29 is 0 Å². The summed E-state index contributed by atoms with van der Waals surface area (Å²) < 4.78 is 0. The van der Waals surface area contributed by atoms with E-state index in [1.54, 1.807) is 0 Å². The maximum Gasteiger partial charge on any atom is 0.0417 e. The van der Waals surface area contributed by atoms with E-state index in [1.165, 1.54) is 37.0 Å². The van der Waals surface area contributed by atoms with E-state index in [0.717, 1.165) is 28.5 Å². The number of hydrogen-bond acceptors (Lipinski definition) is 2. The molecule has 2 fully saturated rings. The maximum absolute atomic E-state index is 6.32. The Balaban J connectivity index is 1.45. The quantitative estimate of drug-likeness (QED) is 0.804. The highest BCUT2D eigenvalue weighted by Gasteiger charge is 2.39. The van der Waals surface area contributed by atoms with E-state index in [0.29, 0.717) is 6.04 Å². The van der Waals surface area contributed by atoms with Crippen LogP contribution in [0.1, 0.15) is 32.1 Å². The molecule has 2 saturated carbocycles. The van der Waals surface area contributed by atoms with Crippen LogP contribution in [0.3, 0.4) is 0 Å². The summed E-state index contributed by atoms with van der Waals surface area (Å²) >= 11 is 7.83. The van der Waals surface area contributed by atoms with Crippen molar-refractivity contribution in [1.82, 2.24) is 0 Å². The van der Waals surface area contributed by atoms with Gasteiger partial charge in [0.15, 0.2) is 0 Å². The zero-order valence-corrected chi connectivity index (χ0v) is 12.8. The van der Waals surface area contributed by atoms with Crippen LogP contribution in [-0.4, -0.2) is 11.8 Å². The highest BCUT2D eigenvalue weighted by atomic mass is 35.5. The van der Waals surface area contributed by atoms with Crippen LogP contribution in [0.5, 0.6) is 0 Å². The Kier molecular flexibility index (Phi) is 4.40. The Labute approximate surface area is 125 Å². The number of rotatable bonds is 5. The number of nitrogens with two attached hydrogens (primary N) is 1. The van der Waals surface area contributed by atoms with Gasteiger partial charge in [-0.3, -0.25) is 0 Å². The first-order valence-electron chi connectivity index (χ1n) is 7.34. The van der Waals surface area contributed by atoms with E-state index >= 15 is 0 Å². The van der Waals surface area contributed by atoms with Gasteiger partial charge in [-0.1, -0.05) is 24.1 Å². The number of thioether (sulfide) groups is 1. The molecule has 3 heteroatoms. The molecule has 2 aliphatic rings. The van der Waals surface area contributed by atoms with Crippen molar-refractivity contribution in [3.05, 3.63) is 29.3 Å². The first kappa shape index (κ1) is 13.8. The predicted molar refractivity (Wildman–Crippen MR) is 83.7 cm³/mol. The third-order valence-corrected chi connectivity index (χ3v) is 6.17. The van der Waals surface area contributed by atoms with E-state index in [-0.39, 0.29) is 0 Å². The van der Waals surface area contributed by atoms with E-state index < -0.39 is 0 Å². The smallest absolute Gasteiger partial charge is 0.0417 e. The van der Waals surface area contributed by atoms with Crippen LogP contribution in [0.2, 0.25) is 5.02 Å². The molecule has 0 amide bonds. The molecule has 2 N–H and O–H groups in total. The second kappa shape index (κ2) is 6.07. The minimum Gasteiger partial charge on any atom is -0.327 e. The topological polar surface area (TPSA) is 26.0 Å². The molecule has 2 aliphatic carbocycles. The van der Waals surface area contributed by atoms with Crippen LogP contribution < -0.4 is 5.73 Å². The van der Waals surface area contributed by atoms with E-state index in [4.69, 9.17) is 17.3 Å². The average molecular weight is 296 g/mol. The summed E-state index contributed by atoms with van der Waals surface area (Å²) in [5.74, 6) is 3.94. The molecule has 3 rings (SSSR count). The summed E-state index contributed by atoms with van der Waals surface area (Å²) in [6.45, 7) is 0. The van der Waals surface area contributed by atoms with Crippen molar-refractivity contribution in [3.8, 4) is 0 Å². The highest BCUT2D eigenvalue weighted by molar-refractivity contribution is 7.99. The molecule has 104 valence electrons. The molecule has 0 saturated heterocycles. The van der Waals surface area contributed by atoms with Crippen LogP contribution >= 0.6 is 23.4 Å². The fourth-order valence-electron chi connectivity index (χ4n) is 3.88. The van der Waals surface area contributed by atoms with Crippen molar-refractivity contribution in [1.29, 1.82) is 0 Å². The van der Waals surface area contributed by atoms with Gasteiger partial charge in [0.2, 0.25) is 0 Å². The number of halogens is 1. The van der Waals surface area contributed by atoms with Crippen LogP contribution in [0.4, 0.5) is 0 Å². The molecule has 19 heavy (non-hydrogen) atoms. The first-order valence-corrected chi connectivity index (χ1v) is 8.71. The molecule has 0 aliphatic heterocycles. The molecule has 0 spiro atoms. The first-order chi connectivity index (χ1) is 9.20. The Morgan fingerprint density at radius 2 is 2.21 bits per heavy atom. The van der Waals surface area contributed by atoms with Crippen molar-refractivity contribution >= 4 is 23.4 Å². The molecule has 4 unspecified atom stereocenters. The third-order valence-electron chi connectivity index (χ3n) is 4.75. The van der Waals surface area contributed by atoms with Gasteiger partial charge in [0, 0.05) is 21.7 Å². The largest absolute Gasteiger partial charge is 0.327 e. The van der Waals surface area contributed by atoms with Crippen LogP contribution in [0.25, 0.3) is 0 Å². The highest BCUT2D eigenvalue weighted by Crippen LogP contribution is 2.49. The number of hydrogen-bond donors (Lipinski definition) is 1. The van der Waals surface area contributed by atoms with Crippen molar-refractivity contribution in [3.63, 3.8) is 0 Å². The lowest BCUT2D eigenvalue weighted by Gasteiger charge is -2.24. The summed E-state index contributed by atoms with van der Waals surface area (Å²) in [6.07, 6.45) is 7.09. The van der Waals surface area contributed by atoms with Crippen LogP contribution in [-0.2, 0) is 0 Å². The molecular weight excluding hydrogens is 274 g/mol. The van der Waals surface area contributed by atoms with Crippen LogP contribution in [0, 0.1) is 17.8 Å². The summed E-state index contributed by atoms with van der Waals surface area (Å²) in [5, 5.41) is 0.812. The Morgan fingerprint density at radius 1 is 1.32 bits per heavy atom. The van der Waals surface area contributed by atoms with Gasteiger partial charge in [0.05, 0.1) is 0 Å². The molecule has 0 radical (unpaired) electrons. The second-order valence-corrected chi connectivity index (χ2v) is 7.73. The molecule has 2 bridgehead atoms. The lowest BCUT2D eigenvalue weighted by Crippen LogP contribution is -2.28. The fourth-order valence-corrected chi connectivity index (χ4v) is 5.06. The summed E-state index contributed by atoms with van der Waals surface area (Å²) in [7, 11) is 0. The van der Waals surface area contributed by atoms with Gasteiger partial charge in [-0.05, 0) is 61.6 Å². The molecule has 0 heterocycles. The normalized spacial score (nSPS) is 30.7. The number of fused-ring (bicyclic) bond motifs is 2. The lowest BCUT2D eigenvalue weighted by atomic mass is 9.85. The summed E-state index contributed by atoms with van der Waals surface area (Å²) in [5.41, 5.74) is 6.32. The van der Waals surface area contributed by atoms with Gasteiger partial charge in [-0.2, -0.15) is 0 Å². The Hall–Kier alpha value is -0.180. The maximum atomic E-state index is 6.32. The molecular formula is C16H22ClNS. The van der Waals surface area contributed by atoms with E-state index in [9.17, 15) is 0 Å². The molecule has 4 atom stereocenters. The lowest BCUT2D eigenvalue weighted by molar-refractivity contribution is 0.301. The van der Waals surface area contributed by atoms with Crippen molar-refractivity contribution in [2.75, 3.05) is 5.75 Å². The zero-order valence-electron chi connectivity index (χ0n) is 11.2. The monoisotopic (exact) mass is 295 g/mol.